The first-order valence-corrected chi connectivity index (χ1v) is 17.9. The summed E-state index contributed by atoms with van der Waals surface area (Å²) in [7, 11) is 1.52. The van der Waals surface area contributed by atoms with Crippen LogP contribution in [0.3, 0.4) is 0 Å². The standard InChI is InChI=1S/C37H42N6O6S/c1-48-30-12-11-26-21-31(30)49-27-22-29(43(24-27)34(44)14-13-33-41-28-9-2-3-10-32(28)50-33)37(47)40-16-4-5-18-42(19-7-17-39-36(26)46)35(45)20-25-8-6-15-38-23-25/h2-3,6,8-12,15,21,23,27,29H,4-5,7,13-14,16-20,22,24H2,1H3,(H,39,46)(H,40,47)/t27-,29-/m0/s1. The Hall–Kier alpha value is -5.04. The largest absolute Gasteiger partial charge is 0.493 e. The predicted molar refractivity (Wildman–Crippen MR) is 189 cm³/mol. The second kappa shape index (κ2) is 16.6. The molecule has 12 nitrogen and oxygen atoms in total. The van der Waals surface area contributed by atoms with Crippen LogP contribution < -0.4 is 20.1 Å². The Morgan fingerprint density at radius 2 is 1.84 bits per heavy atom. The van der Waals surface area contributed by atoms with Gasteiger partial charge in [0.05, 0.1) is 35.3 Å². The molecule has 1 fully saturated rings. The highest BCUT2D eigenvalue weighted by Crippen LogP contribution is 2.32. The van der Waals surface area contributed by atoms with Crippen molar-refractivity contribution >= 4 is 45.2 Å². The number of methoxy groups -OCH3 is 1. The summed E-state index contributed by atoms with van der Waals surface area (Å²) in [4.78, 5) is 65.9. The number of nitrogens with one attached hydrogen (secondary N) is 2. The number of hydrogen-bond acceptors (Lipinski definition) is 9. The maximum Gasteiger partial charge on any atom is 0.251 e. The molecule has 0 spiro atoms. The lowest BCUT2D eigenvalue weighted by Crippen LogP contribution is -2.46. The van der Waals surface area contributed by atoms with Crippen LogP contribution in [0.25, 0.3) is 10.2 Å². The number of aromatic nitrogens is 2. The van der Waals surface area contributed by atoms with E-state index in [0.29, 0.717) is 68.9 Å². The number of thiazole rings is 1. The molecule has 2 aromatic carbocycles. The van der Waals surface area contributed by atoms with Crippen LogP contribution in [0.4, 0.5) is 0 Å². The SMILES string of the molecule is COc1ccc2cc1O[C@H]1C[C@@H](C(=O)NCCCCN(C(=O)Cc3cccnc3)CCCNC2=O)N(C(=O)CCc2nc3ccccc3s2)C1. The van der Waals surface area contributed by atoms with Gasteiger partial charge in [-0.3, -0.25) is 24.2 Å². The Morgan fingerprint density at radius 1 is 1.00 bits per heavy atom. The van der Waals surface area contributed by atoms with Crippen LogP contribution in [0.1, 0.15) is 53.0 Å². The molecule has 2 aromatic heterocycles. The van der Waals surface area contributed by atoms with Gasteiger partial charge in [-0.05, 0) is 61.2 Å². The summed E-state index contributed by atoms with van der Waals surface area (Å²) < 4.78 is 13.0. The number of carbonyl (C=O) groups excluding carboxylic acids is 4. The maximum atomic E-state index is 13.7. The molecule has 2 atom stereocenters. The van der Waals surface area contributed by atoms with E-state index in [4.69, 9.17) is 9.47 Å². The van der Waals surface area contributed by atoms with Crippen molar-refractivity contribution in [1.82, 2.24) is 30.4 Å². The average molecular weight is 699 g/mol. The van der Waals surface area contributed by atoms with Crippen molar-refractivity contribution in [2.45, 2.75) is 57.1 Å². The molecular weight excluding hydrogens is 657 g/mol. The molecule has 6 rings (SSSR count). The van der Waals surface area contributed by atoms with Crippen LogP contribution in [0.15, 0.2) is 67.0 Å². The zero-order valence-corrected chi connectivity index (χ0v) is 29.0. The molecular formula is C37H42N6O6S. The molecule has 2 aliphatic heterocycles. The molecule has 0 saturated carbocycles. The van der Waals surface area contributed by atoms with Gasteiger partial charge in [0.1, 0.15) is 12.1 Å². The highest BCUT2D eigenvalue weighted by molar-refractivity contribution is 7.18. The molecule has 262 valence electrons. The topological polar surface area (TPSA) is 143 Å². The fourth-order valence-electron chi connectivity index (χ4n) is 6.36. The highest BCUT2D eigenvalue weighted by atomic mass is 32.1. The molecule has 1 saturated heterocycles. The van der Waals surface area contributed by atoms with Crippen molar-refractivity contribution in [2.75, 3.05) is 39.8 Å². The molecule has 0 radical (unpaired) electrons. The predicted octanol–water partition coefficient (Wildman–Crippen LogP) is 3.78. The number of para-hydroxylation sites is 1. The van der Waals surface area contributed by atoms with Crippen molar-refractivity contribution in [2.24, 2.45) is 0 Å². The first-order chi connectivity index (χ1) is 24.4. The minimum absolute atomic E-state index is 0.0202. The number of pyridine rings is 1. The van der Waals surface area contributed by atoms with Gasteiger partial charge in [0.15, 0.2) is 11.5 Å². The van der Waals surface area contributed by atoms with E-state index in [0.717, 1.165) is 20.8 Å². The van der Waals surface area contributed by atoms with Crippen molar-refractivity contribution in [3.05, 3.63) is 83.1 Å². The first kappa shape index (κ1) is 34.8. The highest BCUT2D eigenvalue weighted by Gasteiger charge is 2.41. The van der Waals surface area contributed by atoms with Crippen molar-refractivity contribution in [1.29, 1.82) is 0 Å². The number of benzene rings is 2. The summed E-state index contributed by atoms with van der Waals surface area (Å²) in [6, 6.07) is 15.8. The quantitative estimate of drug-likeness (QED) is 0.310. The Morgan fingerprint density at radius 3 is 2.66 bits per heavy atom. The average Bonchev–Trinajstić information content (AvgIpc) is 3.75. The van der Waals surface area contributed by atoms with Crippen LogP contribution in [0, 0.1) is 0 Å². The number of aryl methyl sites for hydroxylation is 1. The Bertz CT molecular complexity index is 1780. The number of ether oxygens (including phenoxy) is 2. The molecule has 13 heteroatoms. The van der Waals surface area contributed by atoms with Gasteiger partial charge in [-0.1, -0.05) is 18.2 Å². The minimum Gasteiger partial charge on any atom is -0.493 e. The lowest BCUT2D eigenvalue weighted by atomic mass is 10.1. The van der Waals surface area contributed by atoms with Crippen LogP contribution >= 0.6 is 11.3 Å². The smallest absolute Gasteiger partial charge is 0.251 e. The summed E-state index contributed by atoms with van der Waals surface area (Å²) in [6.07, 6.45) is 5.97. The summed E-state index contributed by atoms with van der Waals surface area (Å²) in [5.74, 6) is 0.106. The molecule has 50 heavy (non-hydrogen) atoms. The van der Waals surface area contributed by atoms with Gasteiger partial charge in [-0.15, -0.1) is 11.3 Å². The van der Waals surface area contributed by atoms with E-state index in [1.807, 2.05) is 41.3 Å². The summed E-state index contributed by atoms with van der Waals surface area (Å²) in [5, 5.41) is 6.85. The molecule has 4 bridgehead atoms. The van der Waals surface area contributed by atoms with E-state index in [9.17, 15) is 19.2 Å². The summed E-state index contributed by atoms with van der Waals surface area (Å²) in [5.41, 5.74) is 2.13. The number of carbonyl (C=O) groups is 4. The van der Waals surface area contributed by atoms with Crippen LogP contribution in [0.5, 0.6) is 11.5 Å². The molecule has 4 heterocycles. The van der Waals surface area contributed by atoms with E-state index in [-0.39, 0.29) is 49.4 Å². The minimum atomic E-state index is -0.722. The number of fused-ring (bicyclic) bond motifs is 5. The third-order valence-electron chi connectivity index (χ3n) is 8.97. The van der Waals surface area contributed by atoms with Gasteiger partial charge in [-0.25, -0.2) is 4.98 Å². The number of hydrogen-bond donors (Lipinski definition) is 2. The normalized spacial score (nSPS) is 19.1. The molecule has 2 N–H and O–H groups in total. The third kappa shape index (κ3) is 8.75. The fourth-order valence-corrected chi connectivity index (χ4v) is 7.33. The van der Waals surface area contributed by atoms with Crippen LogP contribution in [-0.2, 0) is 27.2 Å². The first-order valence-electron chi connectivity index (χ1n) is 17.1. The lowest BCUT2D eigenvalue weighted by molar-refractivity contribution is -0.138. The summed E-state index contributed by atoms with van der Waals surface area (Å²) >= 11 is 1.57. The fraction of sp³-hybridized carbons (Fsp3) is 0.405. The molecule has 4 amide bonds. The van der Waals surface area contributed by atoms with Gasteiger partial charge in [0.2, 0.25) is 17.7 Å². The van der Waals surface area contributed by atoms with Gasteiger partial charge < -0.3 is 29.9 Å². The van der Waals surface area contributed by atoms with E-state index < -0.39 is 12.1 Å². The Kier molecular flexibility index (Phi) is 11.5. The third-order valence-corrected chi connectivity index (χ3v) is 10.1. The Labute approximate surface area is 295 Å². The van der Waals surface area contributed by atoms with E-state index >= 15 is 0 Å². The van der Waals surface area contributed by atoms with Crippen molar-refractivity contribution < 1.29 is 28.7 Å². The van der Waals surface area contributed by atoms with Gasteiger partial charge >= 0.3 is 0 Å². The zero-order chi connectivity index (χ0) is 34.9. The van der Waals surface area contributed by atoms with Crippen molar-refractivity contribution in [3.63, 3.8) is 0 Å². The van der Waals surface area contributed by atoms with E-state index in [1.165, 1.54) is 7.11 Å². The second-order valence-electron chi connectivity index (χ2n) is 12.5. The second-order valence-corrected chi connectivity index (χ2v) is 13.6. The monoisotopic (exact) mass is 698 g/mol. The number of amides is 4. The van der Waals surface area contributed by atoms with Crippen LogP contribution in [0.2, 0.25) is 0 Å². The van der Waals surface area contributed by atoms with Gasteiger partial charge in [0.25, 0.3) is 5.91 Å². The van der Waals surface area contributed by atoms with E-state index in [1.54, 1.807) is 46.8 Å². The molecule has 0 aliphatic carbocycles. The molecule has 4 aromatic rings. The zero-order valence-electron chi connectivity index (χ0n) is 28.1. The van der Waals surface area contributed by atoms with Crippen molar-refractivity contribution in [3.8, 4) is 11.5 Å². The number of nitrogens with zero attached hydrogens (tertiary/aromatic N) is 4. The lowest BCUT2D eigenvalue weighted by Gasteiger charge is -2.24. The van der Waals surface area contributed by atoms with E-state index in [2.05, 4.69) is 20.6 Å². The van der Waals surface area contributed by atoms with Gasteiger partial charge in [0, 0.05) is 63.4 Å². The number of rotatable bonds is 6. The molecule has 0 unspecified atom stereocenters. The molecule has 2 aliphatic rings. The van der Waals surface area contributed by atoms with Crippen LogP contribution in [-0.4, -0.2) is 95.4 Å². The summed E-state index contributed by atoms with van der Waals surface area (Å²) in [6.45, 7) is 1.99. The maximum absolute atomic E-state index is 13.7. The van der Waals surface area contributed by atoms with Gasteiger partial charge in [-0.2, -0.15) is 0 Å². The number of likely N-dealkylation sites (tertiary alicyclic amines) is 1. The Balaban J connectivity index is 1.18.